The van der Waals surface area contributed by atoms with Crippen molar-refractivity contribution in [1.82, 2.24) is 4.90 Å². The lowest BCUT2D eigenvalue weighted by molar-refractivity contribution is -0.385. The fourth-order valence-corrected chi connectivity index (χ4v) is 3.31. The second-order valence-electron chi connectivity index (χ2n) is 6.39. The second-order valence-corrected chi connectivity index (χ2v) is 6.39. The lowest BCUT2D eigenvalue weighted by Gasteiger charge is -2.35. The molecule has 0 aromatic heterocycles. The molecule has 1 atom stereocenters. The minimum absolute atomic E-state index is 0.0247. The first-order chi connectivity index (χ1) is 14.6. The first-order valence-electron chi connectivity index (χ1n) is 9.39. The number of amides is 1. The lowest BCUT2D eigenvalue weighted by atomic mass is 9.80. The summed E-state index contributed by atoms with van der Waals surface area (Å²) in [5.74, 6) is -3.30. The molecule has 0 spiro atoms. The third kappa shape index (κ3) is 4.65. The van der Waals surface area contributed by atoms with Gasteiger partial charge in [-0.25, -0.2) is 14.4 Å². The molecule has 1 aromatic rings. The molecule has 0 aliphatic carbocycles. The predicted molar refractivity (Wildman–Crippen MR) is 107 cm³/mol. The molecule has 0 bridgehead atoms. The van der Waals surface area contributed by atoms with Crippen LogP contribution in [0.2, 0.25) is 0 Å². The van der Waals surface area contributed by atoms with Crippen molar-refractivity contribution in [2.75, 3.05) is 20.3 Å². The highest BCUT2D eigenvalue weighted by molar-refractivity contribution is 6.00. The Hall–Kier alpha value is -3.89. The normalized spacial score (nSPS) is 16.1. The molecule has 0 saturated heterocycles. The Kier molecular flexibility index (Phi) is 7.35. The van der Waals surface area contributed by atoms with Crippen LogP contribution < -0.4 is 5.73 Å². The number of carbonyl (C=O) groups excluding carboxylic acids is 3. The molecule has 1 heterocycles. The maximum absolute atomic E-state index is 12.9. The summed E-state index contributed by atoms with van der Waals surface area (Å²) >= 11 is 0. The van der Waals surface area contributed by atoms with Crippen LogP contribution in [0.5, 0.6) is 0 Å². The zero-order chi connectivity index (χ0) is 23.3. The fraction of sp³-hybridized carbons (Fsp3) is 0.350. The number of ether oxygens (including phenoxy) is 3. The third-order valence-electron chi connectivity index (χ3n) is 4.64. The fourth-order valence-electron chi connectivity index (χ4n) is 3.31. The van der Waals surface area contributed by atoms with Gasteiger partial charge in [0.25, 0.3) is 5.69 Å². The smallest absolute Gasteiger partial charge is 0.411 e. The molecular formula is C20H23N3O8. The number of rotatable bonds is 7. The number of nitrogens with zero attached hydrogens (tertiary/aromatic N) is 2. The van der Waals surface area contributed by atoms with Gasteiger partial charge in [0.15, 0.2) is 0 Å². The van der Waals surface area contributed by atoms with Crippen molar-refractivity contribution >= 4 is 23.7 Å². The zero-order valence-corrected chi connectivity index (χ0v) is 17.5. The van der Waals surface area contributed by atoms with E-state index in [1.807, 2.05) is 0 Å². The summed E-state index contributed by atoms with van der Waals surface area (Å²) in [4.78, 5) is 49.7. The van der Waals surface area contributed by atoms with Gasteiger partial charge >= 0.3 is 18.0 Å². The number of nitro groups is 1. The molecule has 0 radical (unpaired) electrons. The van der Waals surface area contributed by atoms with E-state index in [-0.39, 0.29) is 47.2 Å². The van der Waals surface area contributed by atoms with Crippen LogP contribution in [0.1, 0.15) is 32.3 Å². The van der Waals surface area contributed by atoms with Gasteiger partial charge < -0.3 is 24.8 Å². The second kappa shape index (κ2) is 9.74. The van der Waals surface area contributed by atoms with Crippen molar-refractivity contribution in [3.05, 3.63) is 62.7 Å². The van der Waals surface area contributed by atoms with Gasteiger partial charge in [0, 0.05) is 24.4 Å². The minimum atomic E-state index is -1.30. The Labute approximate surface area is 178 Å². The molecule has 166 valence electrons. The van der Waals surface area contributed by atoms with Gasteiger partial charge in [0.2, 0.25) is 5.88 Å². The number of allylic oxidation sites excluding steroid dienone is 1. The number of carbonyl (C=O) groups is 3. The van der Waals surface area contributed by atoms with Crippen molar-refractivity contribution in [3.8, 4) is 0 Å². The highest BCUT2D eigenvalue weighted by Crippen LogP contribution is 2.45. The molecule has 2 rings (SSSR count). The summed E-state index contributed by atoms with van der Waals surface area (Å²) in [6, 6.07) is 5.62. The van der Waals surface area contributed by atoms with Crippen LogP contribution in [0.15, 0.2) is 47.0 Å². The van der Waals surface area contributed by atoms with Crippen LogP contribution in [0.25, 0.3) is 0 Å². The Morgan fingerprint density at radius 3 is 2.16 bits per heavy atom. The third-order valence-corrected chi connectivity index (χ3v) is 4.64. The average molecular weight is 433 g/mol. The number of nitro benzene ring substituents is 1. The molecule has 31 heavy (non-hydrogen) atoms. The van der Waals surface area contributed by atoms with E-state index >= 15 is 0 Å². The molecule has 11 nitrogen and oxygen atoms in total. The average Bonchev–Trinajstić information content (AvgIpc) is 2.71. The summed E-state index contributed by atoms with van der Waals surface area (Å²) in [5.41, 5.74) is 4.81. The SMILES string of the molecule is CCOC(=O)C1=C(C)N(C)C(OC(N)=O)=C(C(=O)OCC)C1c1ccccc1[N+](=O)[O-]. The summed E-state index contributed by atoms with van der Waals surface area (Å²) < 4.78 is 15.4. The number of para-hydroxylation sites is 1. The predicted octanol–water partition coefficient (Wildman–Crippen LogP) is 2.33. The van der Waals surface area contributed by atoms with Gasteiger partial charge in [0.1, 0.15) is 5.57 Å². The van der Waals surface area contributed by atoms with E-state index in [0.717, 1.165) is 0 Å². The van der Waals surface area contributed by atoms with Crippen molar-refractivity contribution < 1.29 is 33.5 Å². The Morgan fingerprint density at radius 2 is 1.65 bits per heavy atom. The molecule has 0 fully saturated rings. The molecule has 1 aliphatic heterocycles. The van der Waals surface area contributed by atoms with E-state index in [0.29, 0.717) is 0 Å². The van der Waals surface area contributed by atoms with Gasteiger partial charge in [-0.1, -0.05) is 18.2 Å². The van der Waals surface area contributed by atoms with Crippen molar-refractivity contribution in [2.45, 2.75) is 26.7 Å². The van der Waals surface area contributed by atoms with E-state index in [2.05, 4.69) is 0 Å². The van der Waals surface area contributed by atoms with Crippen molar-refractivity contribution in [1.29, 1.82) is 0 Å². The zero-order valence-electron chi connectivity index (χ0n) is 17.5. The van der Waals surface area contributed by atoms with E-state index < -0.39 is 28.9 Å². The molecule has 2 N–H and O–H groups in total. The first-order valence-corrected chi connectivity index (χ1v) is 9.39. The van der Waals surface area contributed by atoms with Gasteiger partial charge in [-0.2, -0.15) is 0 Å². The largest absolute Gasteiger partial charge is 0.463 e. The van der Waals surface area contributed by atoms with Crippen molar-refractivity contribution in [3.63, 3.8) is 0 Å². The molecular weight excluding hydrogens is 410 g/mol. The first kappa shape index (κ1) is 23.4. The topological polar surface area (TPSA) is 151 Å². The van der Waals surface area contributed by atoms with Gasteiger partial charge in [-0.3, -0.25) is 10.1 Å². The molecule has 1 amide bonds. The molecule has 1 aliphatic rings. The number of benzene rings is 1. The maximum atomic E-state index is 12.9. The monoisotopic (exact) mass is 433 g/mol. The van der Waals surface area contributed by atoms with Crippen LogP contribution in [0.3, 0.4) is 0 Å². The molecule has 1 unspecified atom stereocenters. The number of nitrogens with two attached hydrogens (primary N) is 1. The van der Waals surface area contributed by atoms with E-state index in [9.17, 15) is 24.5 Å². The van der Waals surface area contributed by atoms with E-state index in [1.165, 1.54) is 43.1 Å². The van der Waals surface area contributed by atoms with Crippen LogP contribution in [-0.4, -0.2) is 48.1 Å². The van der Waals surface area contributed by atoms with Crippen LogP contribution in [-0.2, 0) is 23.8 Å². The number of esters is 2. The number of hydrogen-bond donors (Lipinski definition) is 1. The number of hydrogen-bond acceptors (Lipinski definition) is 9. The van der Waals surface area contributed by atoms with Gasteiger partial charge in [-0.05, 0) is 20.8 Å². The van der Waals surface area contributed by atoms with Gasteiger partial charge in [0.05, 0.1) is 29.6 Å². The van der Waals surface area contributed by atoms with Gasteiger partial charge in [-0.15, -0.1) is 0 Å². The lowest BCUT2D eigenvalue weighted by Crippen LogP contribution is -2.37. The summed E-state index contributed by atoms with van der Waals surface area (Å²) in [6.45, 7) is 4.69. The highest BCUT2D eigenvalue weighted by Gasteiger charge is 2.44. The van der Waals surface area contributed by atoms with Crippen LogP contribution >= 0.6 is 0 Å². The summed E-state index contributed by atoms with van der Waals surface area (Å²) in [6.07, 6.45) is -1.21. The Balaban J connectivity index is 2.93. The van der Waals surface area contributed by atoms with E-state index in [4.69, 9.17) is 19.9 Å². The molecule has 1 aromatic carbocycles. The maximum Gasteiger partial charge on any atom is 0.411 e. The Morgan fingerprint density at radius 1 is 1.10 bits per heavy atom. The van der Waals surface area contributed by atoms with E-state index in [1.54, 1.807) is 13.8 Å². The molecule has 11 heteroatoms. The highest BCUT2D eigenvalue weighted by atomic mass is 16.6. The van der Waals surface area contributed by atoms with Crippen LogP contribution in [0, 0.1) is 10.1 Å². The number of primary amides is 1. The quantitative estimate of drug-likeness (QED) is 0.295. The summed E-state index contributed by atoms with van der Waals surface area (Å²) in [7, 11) is 1.45. The minimum Gasteiger partial charge on any atom is -0.463 e. The molecule has 0 saturated carbocycles. The van der Waals surface area contributed by atoms with Crippen LogP contribution in [0.4, 0.5) is 10.5 Å². The Bertz CT molecular complexity index is 982. The summed E-state index contributed by atoms with van der Waals surface area (Å²) in [5, 5.41) is 11.7. The standard InChI is InChI=1S/C20H23N3O8/c1-5-29-18(24)14-11(3)22(4)17(31-20(21)26)16(19(25)30-6-2)15(14)12-9-7-8-10-13(12)23(27)28/h7-10,15H,5-6H2,1-4H3,(H2,21,26). The van der Waals surface area contributed by atoms with Crippen molar-refractivity contribution in [2.24, 2.45) is 5.73 Å².